The van der Waals surface area contributed by atoms with Crippen LogP contribution in [0.15, 0.2) is 0 Å². The first kappa shape index (κ1) is 14.4. The third kappa shape index (κ3) is 5.17. The van der Waals surface area contributed by atoms with Gasteiger partial charge in [-0.3, -0.25) is 4.79 Å². The van der Waals surface area contributed by atoms with Gasteiger partial charge in [-0.1, -0.05) is 20.8 Å². The maximum Gasteiger partial charge on any atom is 0.229 e. The summed E-state index contributed by atoms with van der Waals surface area (Å²) in [6.45, 7) is 11.5. The van der Waals surface area contributed by atoms with Crippen molar-refractivity contribution in [2.24, 2.45) is 16.6 Å². The Morgan fingerprint density at radius 3 is 2.00 bits per heavy atom. The summed E-state index contributed by atoms with van der Waals surface area (Å²) >= 11 is 0. The Hall–Kier alpha value is -0.570. The van der Waals surface area contributed by atoms with Gasteiger partial charge in [0.2, 0.25) is 5.91 Å². The monoisotopic (exact) mass is 214 g/mol. The van der Waals surface area contributed by atoms with Gasteiger partial charge in [-0.25, -0.2) is 0 Å². The molecule has 90 valence electrons. The van der Waals surface area contributed by atoms with E-state index in [1.807, 2.05) is 20.9 Å². The SMILES string of the molecule is CN(CCC(C)(C)C)C(=O)C(C)(C)CN. The molecule has 0 fully saturated rings. The van der Waals surface area contributed by atoms with E-state index >= 15 is 0 Å². The van der Waals surface area contributed by atoms with Crippen LogP contribution in [0.4, 0.5) is 0 Å². The maximum absolute atomic E-state index is 12.0. The van der Waals surface area contributed by atoms with Gasteiger partial charge in [0.15, 0.2) is 0 Å². The summed E-state index contributed by atoms with van der Waals surface area (Å²) < 4.78 is 0. The predicted octanol–water partition coefficient (Wildman–Crippen LogP) is 1.87. The average molecular weight is 214 g/mol. The minimum absolute atomic E-state index is 0.134. The zero-order chi connectivity index (χ0) is 12.3. The molecule has 0 aliphatic rings. The fourth-order valence-corrected chi connectivity index (χ4v) is 1.21. The van der Waals surface area contributed by atoms with E-state index in [9.17, 15) is 4.79 Å². The van der Waals surface area contributed by atoms with E-state index in [-0.39, 0.29) is 11.3 Å². The van der Waals surface area contributed by atoms with Crippen molar-refractivity contribution >= 4 is 5.91 Å². The zero-order valence-electron chi connectivity index (χ0n) is 11.1. The third-order valence-electron chi connectivity index (χ3n) is 2.63. The molecule has 0 atom stereocenters. The van der Waals surface area contributed by atoms with Crippen molar-refractivity contribution in [1.29, 1.82) is 0 Å². The zero-order valence-corrected chi connectivity index (χ0v) is 11.1. The predicted molar refractivity (Wildman–Crippen MR) is 64.5 cm³/mol. The number of amides is 1. The molecule has 3 heteroatoms. The summed E-state index contributed by atoms with van der Waals surface area (Å²) in [5, 5.41) is 0. The van der Waals surface area contributed by atoms with Crippen molar-refractivity contribution in [3.63, 3.8) is 0 Å². The highest BCUT2D eigenvalue weighted by atomic mass is 16.2. The lowest BCUT2D eigenvalue weighted by Crippen LogP contribution is -2.43. The first-order valence-corrected chi connectivity index (χ1v) is 5.56. The Balaban J connectivity index is 4.23. The number of nitrogens with two attached hydrogens (primary N) is 1. The van der Waals surface area contributed by atoms with Gasteiger partial charge in [0.25, 0.3) is 0 Å². The van der Waals surface area contributed by atoms with Crippen molar-refractivity contribution in [2.75, 3.05) is 20.1 Å². The van der Waals surface area contributed by atoms with E-state index in [4.69, 9.17) is 5.73 Å². The van der Waals surface area contributed by atoms with Gasteiger partial charge in [0.1, 0.15) is 0 Å². The lowest BCUT2D eigenvalue weighted by atomic mass is 9.90. The first-order valence-electron chi connectivity index (χ1n) is 5.56. The smallest absolute Gasteiger partial charge is 0.229 e. The van der Waals surface area contributed by atoms with Crippen molar-refractivity contribution < 1.29 is 4.79 Å². The number of carbonyl (C=O) groups excluding carboxylic acids is 1. The summed E-state index contributed by atoms with van der Waals surface area (Å²) in [5.74, 6) is 0.134. The molecule has 1 amide bonds. The highest BCUT2D eigenvalue weighted by Crippen LogP contribution is 2.21. The van der Waals surface area contributed by atoms with Crippen LogP contribution in [0, 0.1) is 10.8 Å². The number of hydrogen-bond acceptors (Lipinski definition) is 2. The molecule has 0 radical (unpaired) electrons. The molecular weight excluding hydrogens is 188 g/mol. The first-order chi connectivity index (χ1) is 6.60. The molecule has 0 heterocycles. The van der Waals surface area contributed by atoms with Crippen LogP contribution in [0.1, 0.15) is 41.0 Å². The third-order valence-corrected chi connectivity index (χ3v) is 2.63. The highest BCUT2D eigenvalue weighted by molar-refractivity contribution is 5.81. The largest absolute Gasteiger partial charge is 0.345 e. The topological polar surface area (TPSA) is 46.3 Å². The highest BCUT2D eigenvalue weighted by Gasteiger charge is 2.29. The molecule has 0 aliphatic carbocycles. The van der Waals surface area contributed by atoms with Crippen LogP contribution in [0.5, 0.6) is 0 Å². The molecule has 3 nitrogen and oxygen atoms in total. The van der Waals surface area contributed by atoms with E-state index < -0.39 is 5.41 Å². The van der Waals surface area contributed by atoms with Crippen LogP contribution >= 0.6 is 0 Å². The molecule has 0 aromatic carbocycles. The summed E-state index contributed by atoms with van der Waals surface area (Å²) in [6, 6.07) is 0. The van der Waals surface area contributed by atoms with Crippen LogP contribution in [0.2, 0.25) is 0 Å². The molecule has 0 saturated carbocycles. The average Bonchev–Trinajstić information content (AvgIpc) is 2.11. The second kappa shape index (κ2) is 4.97. The molecule has 0 unspecified atom stereocenters. The summed E-state index contributed by atoms with van der Waals surface area (Å²) in [6.07, 6.45) is 1.01. The maximum atomic E-state index is 12.0. The standard InChI is InChI=1S/C12H26N2O/c1-11(2,3)7-8-14(6)10(15)12(4,5)9-13/h7-9,13H2,1-6H3. The fraction of sp³-hybridized carbons (Fsp3) is 0.917. The Morgan fingerprint density at radius 2 is 1.67 bits per heavy atom. The van der Waals surface area contributed by atoms with E-state index in [1.165, 1.54) is 0 Å². The van der Waals surface area contributed by atoms with Crippen molar-refractivity contribution in [3.05, 3.63) is 0 Å². The van der Waals surface area contributed by atoms with Gasteiger partial charge in [0.05, 0.1) is 5.41 Å². The fourth-order valence-electron chi connectivity index (χ4n) is 1.21. The second-order valence-corrected chi connectivity index (χ2v) is 6.13. The summed E-state index contributed by atoms with van der Waals surface area (Å²) in [7, 11) is 1.85. The lowest BCUT2D eigenvalue weighted by molar-refractivity contribution is -0.138. The molecule has 0 aliphatic heterocycles. The van der Waals surface area contributed by atoms with E-state index in [1.54, 1.807) is 4.90 Å². The molecule has 0 bridgehead atoms. The molecule has 0 spiro atoms. The van der Waals surface area contributed by atoms with Crippen LogP contribution in [-0.2, 0) is 4.79 Å². The van der Waals surface area contributed by atoms with Crippen LogP contribution in [0.25, 0.3) is 0 Å². The van der Waals surface area contributed by atoms with E-state index in [0.717, 1.165) is 13.0 Å². The van der Waals surface area contributed by atoms with Crippen LogP contribution < -0.4 is 5.73 Å². The Kier molecular flexibility index (Phi) is 4.78. The Morgan fingerprint density at radius 1 is 1.20 bits per heavy atom. The quantitative estimate of drug-likeness (QED) is 0.776. The molecule has 0 saturated heterocycles. The van der Waals surface area contributed by atoms with Crippen LogP contribution in [0.3, 0.4) is 0 Å². The van der Waals surface area contributed by atoms with Gasteiger partial charge in [-0.05, 0) is 25.7 Å². The van der Waals surface area contributed by atoms with Crippen molar-refractivity contribution in [3.8, 4) is 0 Å². The molecular formula is C12H26N2O. The number of rotatable bonds is 4. The van der Waals surface area contributed by atoms with Crippen molar-refractivity contribution in [1.82, 2.24) is 4.90 Å². The minimum atomic E-state index is -0.438. The number of carbonyl (C=O) groups is 1. The van der Waals surface area contributed by atoms with Crippen molar-refractivity contribution in [2.45, 2.75) is 41.0 Å². The summed E-state index contributed by atoms with van der Waals surface area (Å²) in [5.41, 5.74) is 5.41. The van der Waals surface area contributed by atoms with Gasteiger partial charge in [-0.15, -0.1) is 0 Å². The molecule has 2 N–H and O–H groups in total. The normalized spacial score (nSPS) is 12.7. The Bertz CT molecular complexity index is 216. The van der Waals surface area contributed by atoms with E-state index in [0.29, 0.717) is 6.54 Å². The molecule has 0 aromatic heterocycles. The minimum Gasteiger partial charge on any atom is -0.345 e. The van der Waals surface area contributed by atoms with Crippen LogP contribution in [-0.4, -0.2) is 30.9 Å². The van der Waals surface area contributed by atoms with Gasteiger partial charge < -0.3 is 10.6 Å². The Labute approximate surface area is 94.0 Å². The number of nitrogens with zero attached hydrogens (tertiary/aromatic N) is 1. The van der Waals surface area contributed by atoms with Gasteiger partial charge in [-0.2, -0.15) is 0 Å². The molecule has 0 aromatic rings. The van der Waals surface area contributed by atoms with Gasteiger partial charge in [0, 0.05) is 20.1 Å². The summed E-state index contributed by atoms with van der Waals surface area (Å²) in [4.78, 5) is 13.7. The molecule has 0 rings (SSSR count). The second-order valence-electron chi connectivity index (χ2n) is 6.13. The lowest BCUT2D eigenvalue weighted by Gasteiger charge is -2.30. The molecule has 15 heavy (non-hydrogen) atoms. The van der Waals surface area contributed by atoms with Gasteiger partial charge >= 0.3 is 0 Å². The number of hydrogen-bond donors (Lipinski definition) is 1. The van der Waals surface area contributed by atoms with E-state index in [2.05, 4.69) is 20.8 Å².